The highest BCUT2D eigenvalue weighted by Gasteiger charge is 2.51. The Morgan fingerprint density at radius 2 is 1.95 bits per heavy atom. The summed E-state index contributed by atoms with van der Waals surface area (Å²) in [6.45, 7) is 0. The molecule has 1 saturated carbocycles. The highest BCUT2D eigenvalue weighted by atomic mass is 33.1. The van der Waals surface area contributed by atoms with Crippen LogP contribution in [0.2, 0.25) is 0 Å². The van der Waals surface area contributed by atoms with E-state index in [1.165, 1.54) is 23.5 Å². The zero-order valence-electron chi connectivity index (χ0n) is 12.1. The zero-order chi connectivity index (χ0) is 14.8. The van der Waals surface area contributed by atoms with Crippen molar-refractivity contribution in [3.8, 4) is 0 Å². The molecule has 2 amide bonds. The molecule has 3 rings (SSSR count). The summed E-state index contributed by atoms with van der Waals surface area (Å²) in [5.41, 5.74) is 0. The molecule has 0 aromatic heterocycles. The zero-order valence-corrected chi connectivity index (χ0v) is 13.7. The Morgan fingerprint density at radius 3 is 2.62 bits per heavy atom. The Bertz CT molecular complexity index is 432. The molecule has 0 aromatic carbocycles. The smallest absolute Gasteiger partial charge is 0.229 e. The summed E-state index contributed by atoms with van der Waals surface area (Å²) in [6, 6.07) is -0.109. The summed E-state index contributed by atoms with van der Waals surface area (Å²) in [5.74, 6) is 1.27. The van der Waals surface area contributed by atoms with Crippen LogP contribution in [0.1, 0.15) is 51.4 Å². The van der Waals surface area contributed by atoms with Gasteiger partial charge in [0.05, 0.1) is 6.04 Å². The van der Waals surface area contributed by atoms with Crippen LogP contribution in [0.25, 0.3) is 0 Å². The largest absolute Gasteiger partial charge is 0.299 e. The number of ketones is 1. The minimum Gasteiger partial charge on any atom is -0.299 e. The predicted molar refractivity (Wildman–Crippen MR) is 84.9 cm³/mol. The van der Waals surface area contributed by atoms with Crippen LogP contribution in [0.4, 0.5) is 0 Å². The van der Waals surface area contributed by atoms with E-state index in [1.54, 1.807) is 0 Å². The second-order valence-corrected chi connectivity index (χ2v) is 8.90. The standard InChI is InChI=1S/C15H21NO3S2/c17-13(4-2-1-3-10-7-8-20-21-10)11-9-12(11)16-14(18)5-6-15(16)19/h10-12H,1-9H2. The highest BCUT2D eigenvalue weighted by molar-refractivity contribution is 8.77. The quantitative estimate of drug-likeness (QED) is 0.409. The third kappa shape index (κ3) is 3.65. The number of Topliss-reactive ketones (excluding diaryl/α,β-unsaturated/α-hetero) is 1. The number of rotatable bonds is 7. The van der Waals surface area contributed by atoms with Gasteiger partial charge in [-0.15, -0.1) is 0 Å². The van der Waals surface area contributed by atoms with E-state index in [9.17, 15) is 14.4 Å². The van der Waals surface area contributed by atoms with Crippen molar-refractivity contribution in [3.05, 3.63) is 0 Å². The summed E-state index contributed by atoms with van der Waals surface area (Å²) in [6.07, 6.45) is 6.54. The van der Waals surface area contributed by atoms with Crippen LogP contribution in [0.5, 0.6) is 0 Å². The molecule has 0 aromatic rings. The number of amides is 2. The normalized spacial score (nSPS) is 32.0. The number of unbranched alkanes of at least 4 members (excludes halogenated alkanes) is 1. The highest BCUT2D eigenvalue weighted by Crippen LogP contribution is 2.41. The van der Waals surface area contributed by atoms with E-state index in [-0.39, 0.29) is 29.6 Å². The number of carbonyl (C=O) groups is 3. The van der Waals surface area contributed by atoms with Gasteiger partial charge in [-0.2, -0.15) is 0 Å². The Labute approximate surface area is 133 Å². The fourth-order valence-electron chi connectivity index (χ4n) is 3.20. The molecule has 1 aliphatic carbocycles. The first-order chi connectivity index (χ1) is 10.2. The van der Waals surface area contributed by atoms with Gasteiger partial charge in [-0.05, 0) is 25.7 Å². The van der Waals surface area contributed by atoms with Gasteiger partial charge in [-0.25, -0.2) is 0 Å². The molecule has 0 bridgehead atoms. The van der Waals surface area contributed by atoms with Crippen LogP contribution in [0, 0.1) is 5.92 Å². The summed E-state index contributed by atoms with van der Waals surface area (Å²) < 4.78 is 0. The van der Waals surface area contributed by atoms with E-state index < -0.39 is 0 Å². The average molecular weight is 327 g/mol. The van der Waals surface area contributed by atoms with Crippen molar-refractivity contribution < 1.29 is 14.4 Å². The number of nitrogens with zero attached hydrogens (tertiary/aromatic N) is 1. The van der Waals surface area contributed by atoms with Gasteiger partial charge in [0.2, 0.25) is 11.8 Å². The number of hydrogen-bond acceptors (Lipinski definition) is 5. The second-order valence-electron chi connectivity index (χ2n) is 6.11. The van der Waals surface area contributed by atoms with E-state index >= 15 is 0 Å². The lowest BCUT2D eigenvalue weighted by molar-refractivity contribution is -0.139. The number of imide groups is 1. The molecule has 116 valence electrons. The van der Waals surface area contributed by atoms with E-state index in [4.69, 9.17) is 0 Å². The van der Waals surface area contributed by atoms with Gasteiger partial charge in [0.15, 0.2) is 0 Å². The minimum atomic E-state index is -0.109. The minimum absolute atomic E-state index is 0.0626. The van der Waals surface area contributed by atoms with Crippen LogP contribution in [0.15, 0.2) is 0 Å². The van der Waals surface area contributed by atoms with Gasteiger partial charge >= 0.3 is 0 Å². The molecule has 2 aliphatic heterocycles. The Morgan fingerprint density at radius 1 is 1.19 bits per heavy atom. The van der Waals surface area contributed by atoms with Crippen molar-refractivity contribution in [3.63, 3.8) is 0 Å². The molecule has 0 radical (unpaired) electrons. The maximum Gasteiger partial charge on any atom is 0.229 e. The molecule has 3 unspecified atom stereocenters. The molecule has 0 N–H and O–H groups in total. The van der Waals surface area contributed by atoms with E-state index in [0.29, 0.717) is 25.7 Å². The van der Waals surface area contributed by atoms with Crippen LogP contribution >= 0.6 is 21.6 Å². The lowest BCUT2D eigenvalue weighted by atomic mass is 10.1. The predicted octanol–water partition coefficient (Wildman–Crippen LogP) is 2.81. The van der Waals surface area contributed by atoms with Gasteiger partial charge < -0.3 is 0 Å². The molecule has 0 spiro atoms. The summed E-state index contributed by atoms with van der Waals surface area (Å²) >= 11 is 0. The SMILES string of the molecule is O=C(CCCCC1CCSS1)C1CC1N1C(=O)CCC1=O. The average Bonchev–Trinajstić information content (AvgIpc) is 2.91. The summed E-state index contributed by atoms with van der Waals surface area (Å²) in [7, 11) is 3.94. The first-order valence-electron chi connectivity index (χ1n) is 7.82. The Hall–Kier alpha value is -0.490. The van der Waals surface area contributed by atoms with Crippen molar-refractivity contribution in [2.45, 2.75) is 62.7 Å². The lowest BCUT2D eigenvalue weighted by Gasteiger charge is -2.13. The van der Waals surface area contributed by atoms with Gasteiger partial charge in [0.25, 0.3) is 0 Å². The third-order valence-corrected chi connectivity index (χ3v) is 7.53. The van der Waals surface area contributed by atoms with Crippen molar-refractivity contribution in [2.75, 3.05) is 5.75 Å². The van der Waals surface area contributed by atoms with Crippen molar-refractivity contribution in [1.29, 1.82) is 0 Å². The molecular formula is C15H21NO3S2. The van der Waals surface area contributed by atoms with Crippen molar-refractivity contribution in [1.82, 2.24) is 4.90 Å². The number of likely N-dealkylation sites (tertiary alicyclic amines) is 1. The monoisotopic (exact) mass is 327 g/mol. The first kappa shape index (κ1) is 15.4. The molecule has 4 nitrogen and oxygen atoms in total. The molecule has 21 heavy (non-hydrogen) atoms. The molecule has 3 fully saturated rings. The third-order valence-electron chi connectivity index (χ3n) is 4.52. The fourth-order valence-corrected chi connectivity index (χ4v) is 6.23. The Kier molecular flexibility index (Phi) is 4.94. The topological polar surface area (TPSA) is 54.5 Å². The Balaban J connectivity index is 1.35. The van der Waals surface area contributed by atoms with Crippen LogP contribution in [-0.4, -0.2) is 39.5 Å². The van der Waals surface area contributed by atoms with Gasteiger partial charge in [-0.3, -0.25) is 19.3 Å². The van der Waals surface area contributed by atoms with Gasteiger partial charge in [0, 0.05) is 36.2 Å². The lowest BCUT2D eigenvalue weighted by Crippen LogP contribution is -2.33. The van der Waals surface area contributed by atoms with Crippen LogP contribution in [0.3, 0.4) is 0 Å². The van der Waals surface area contributed by atoms with E-state index in [0.717, 1.165) is 18.1 Å². The number of hydrogen-bond donors (Lipinski definition) is 0. The second kappa shape index (κ2) is 6.73. The molecule has 3 aliphatic rings. The van der Waals surface area contributed by atoms with Crippen LogP contribution in [-0.2, 0) is 14.4 Å². The molecule has 2 saturated heterocycles. The number of carbonyl (C=O) groups excluding carboxylic acids is 3. The molecule has 6 heteroatoms. The van der Waals surface area contributed by atoms with E-state index in [1.807, 2.05) is 21.6 Å². The van der Waals surface area contributed by atoms with Crippen LogP contribution < -0.4 is 0 Å². The molecular weight excluding hydrogens is 306 g/mol. The van der Waals surface area contributed by atoms with E-state index in [2.05, 4.69) is 0 Å². The maximum absolute atomic E-state index is 12.1. The fraction of sp³-hybridized carbons (Fsp3) is 0.800. The first-order valence-corrected chi connectivity index (χ1v) is 10.2. The van der Waals surface area contributed by atoms with Crippen molar-refractivity contribution in [2.24, 2.45) is 5.92 Å². The molecule has 3 atom stereocenters. The van der Waals surface area contributed by atoms with Gasteiger partial charge in [-0.1, -0.05) is 28.0 Å². The summed E-state index contributed by atoms with van der Waals surface area (Å²) in [5, 5.41) is 0.776. The van der Waals surface area contributed by atoms with Gasteiger partial charge in [0.1, 0.15) is 5.78 Å². The maximum atomic E-state index is 12.1. The molecule has 2 heterocycles. The summed E-state index contributed by atoms with van der Waals surface area (Å²) in [4.78, 5) is 36.7. The van der Waals surface area contributed by atoms with Crippen molar-refractivity contribution >= 4 is 39.2 Å².